The van der Waals surface area contributed by atoms with E-state index in [1.54, 1.807) is 0 Å². The smallest absolute Gasteiger partial charge is 0.282 e. The van der Waals surface area contributed by atoms with Crippen molar-refractivity contribution in [1.29, 1.82) is 0 Å². The second kappa shape index (κ2) is 6.68. The molecule has 1 unspecified atom stereocenters. The van der Waals surface area contributed by atoms with E-state index in [0.717, 1.165) is 44.2 Å². The van der Waals surface area contributed by atoms with Crippen LogP contribution in [0.5, 0.6) is 0 Å². The third kappa shape index (κ3) is 3.70. The van der Waals surface area contributed by atoms with Gasteiger partial charge in [0, 0.05) is 0 Å². The Morgan fingerprint density at radius 1 is 1.00 bits per heavy atom. The largest absolute Gasteiger partial charge is 0.294 e. The monoisotopic (exact) mass is 346 g/mol. The Labute approximate surface area is 132 Å². The lowest BCUT2D eigenvalue weighted by atomic mass is 9.86. The van der Waals surface area contributed by atoms with Crippen molar-refractivity contribution in [1.82, 2.24) is 0 Å². The topological polar surface area (TPSA) is 88.5 Å². The van der Waals surface area contributed by atoms with Crippen LogP contribution < -0.4 is 0 Å². The Kier molecular flexibility index (Phi) is 5.29. The molecule has 0 saturated heterocycles. The van der Waals surface area contributed by atoms with Crippen LogP contribution in [-0.2, 0) is 20.0 Å². The highest BCUT2D eigenvalue weighted by Crippen LogP contribution is 2.34. The summed E-state index contributed by atoms with van der Waals surface area (Å²) in [7, 11) is -7.80. The zero-order chi connectivity index (χ0) is 16.4. The lowest BCUT2D eigenvalue weighted by Gasteiger charge is -2.29. The van der Waals surface area contributed by atoms with Gasteiger partial charge in [-0.1, -0.05) is 26.2 Å². The van der Waals surface area contributed by atoms with Gasteiger partial charge in [0.2, 0.25) is 0 Å². The summed E-state index contributed by atoms with van der Waals surface area (Å²) in [6.07, 6.45) is 5.71. The van der Waals surface area contributed by atoms with E-state index in [0.29, 0.717) is 6.42 Å². The van der Waals surface area contributed by atoms with E-state index < -0.39 is 25.2 Å². The van der Waals surface area contributed by atoms with Gasteiger partial charge in [-0.15, -0.1) is 0 Å². The molecule has 0 amide bonds. The summed E-state index contributed by atoms with van der Waals surface area (Å²) in [5.41, 5.74) is 0. The first kappa shape index (κ1) is 17.4. The molecular formula is C15H22O5S2. The van der Waals surface area contributed by atoms with Crippen molar-refractivity contribution < 1.29 is 21.4 Å². The van der Waals surface area contributed by atoms with Gasteiger partial charge in [-0.25, -0.2) is 8.42 Å². The lowest BCUT2D eigenvalue weighted by Crippen LogP contribution is -2.31. The SMILES string of the molecule is CCC(C1CCCCC1)S(=O)(=O)c1ccc(S(=O)(=O)O)cc1. The maximum Gasteiger partial charge on any atom is 0.294 e. The molecule has 0 bridgehead atoms. The Morgan fingerprint density at radius 2 is 1.50 bits per heavy atom. The average Bonchev–Trinajstić information content (AvgIpc) is 2.48. The van der Waals surface area contributed by atoms with Gasteiger partial charge in [-0.3, -0.25) is 4.55 Å². The van der Waals surface area contributed by atoms with Crippen LogP contribution in [0.25, 0.3) is 0 Å². The van der Waals surface area contributed by atoms with E-state index in [2.05, 4.69) is 0 Å². The van der Waals surface area contributed by atoms with Crippen LogP contribution >= 0.6 is 0 Å². The first-order valence-corrected chi connectivity index (χ1v) is 10.6. The molecule has 1 aromatic rings. The van der Waals surface area contributed by atoms with E-state index in [9.17, 15) is 16.8 Å². The van der Waals surface area contributed by atoms with Gasteiger partial charge in [-0.05, 0) is 49.4 Å². The number of rotatable bonds is 5. The predicted octanol–water partition coefficient (Wildman–Crippen LogP) is 3.07. The summed E-state index contributed by atoms with van der Waals surface area (Å²) in [5, 5.41) is -0.426. The van der Waals surface area contributed by atoms with Crippen molar-refractivity contribution in [3.63, 3.8) is 0 Å². The first-order chi connectivity index (χ1) is 10.3. The summed E-state index contributed by atoms with van der Waals surface area (Å²) in [6.45, 7) is 1.88. The summed E-state index contributed by atoms with van der Waals surface area (Å²) < 4.78 is 56.7. The Balaban J connectivity index is 2.31. The van der Waals surface area contributed by atoms with Gasteiger partial charge in [0.1, 0.15) is 0 Å². The molecule has 0 radical (unpaired) electrons. The van der Waals surface area contributed by atoms with E-state index in [1.165, 1.54) is 12.1 Å². The molecule has 1 atom stereocenters. The summed E-state index contributed by atoms with van der Waals surface area (Å²) >= 11 is 0. The molecule has 5 nitrogen and oxygen atoms in total. The van der Waals surface area contributed by atoms with Crippen molar-refractivity contribution >= 4 is 20.0 Å². The zero-order valence-corrected chi connectivity index (χ0v) is 14.2. The molecule has 1 saturated carbocycles. The minimum atomic E-state index is -4.31. The molecule has 1 aromatic carbocycles. The van der Waals surface area contributed by atoms with Gasteiger partial charge in [0.15, 0.2) is 9.84 Å². The minimum Gasteiger partial charge on any atom is -0.282 e. The molecule has 22 heavy (non-hydrogen) atoms. The standard InChI is InChI=1S/C15H22O5S2/c1-2-15(12-6-4-3-5-7-12)21(16,17)13-8-10-14(11-9-13)22(18,19)20/h8-12,15H,2-7H2,1H3,(H,18,19,20). The molecule has 0 heterocycles. The molecular weight excluding hydrogens is 324 g/mol. The number of sulfone groups is 1. The van der Waals surface area contributed by atoms with Gasteiger partial charge in [-0.2, -0.15) is 8.42 Å². The first-order valence-electron chi connectivity index (χ1n) is 7.58. The lowest BCUT2D eigenvalue weighted by molar-refractivity contribution is 0.336. The third-order valence-corrected chi connectivity index (χ3v) is 7.74. The summed E-state index contributed by atoms with van der Waals surface area (Å²) in [6, 6.07) is 4.81. The molecule has 0 aromatic heterocycles. The van der Waals surface area contributed by atoms with Gasteiger partial charge in [0.25, 0.3) is 10.1 Å². The highest BCUT2D eigenvalue weighted by atomic mass is 32.2. The van der Waals surface area contributed by atoms with Gasteiger partial charge >= 0.3 is 0 Å². The highest BCUT2D eigenvalue weighted by Gasteiger charge is 2.34. The molecule has 7 heteroatoms. The molecule has 124 valence electrons. The van der Waals surface area contributed by atoms with E-state index in [1.807, 2.05) is 6.92 Å². The predicted molar refractivity (Wildman–Crippen MR) is 84.1 cm³/mol. The zero-order valence-electron chi connectivity index (χ0n) is 12.6. The van der Waals surface area contributed by atoms with Gasteiger partial charge < -0.3 is 0 Å². The molecule has 1 N–H and O–H groups in total. The van der Waals surface area contributed by atoms with Crippen LogP contribution in [0, 0.1) is 5.92 Å². The molecule has 0 aliphatic heterocycles. The van der Waals surface area contributed by atoms with Crippen LogP contribution in [-0.4, -0.2) is 26.6 Å². The molecule has 0 spiro atoms. The van der Waals surface area contributed by atoms with E-state index in [4.69, 9.17) is 4.55 Å². The van der Waals surface area contributed by atoms with Crippen LogP contribution in [0.2, 0.25) is 0 Å². The van der Waals surface area contributed by atoms with Crippen molar-refractivity contribution in [2.24, 2.45) is 5.92 Å². The number of hydrogen-bond donors (Lipinski definition) is 1. The highest BCUT2D eigenvalue weighted by molar-refractivity contribution is 7.92. The van der Waals surface area contributed by atoms with Crippen LogP contribution in [0.3, 0.4) is 0 Å². The van der Waals surface area contributed by atoms with E-state index >= 15 is 0 Å². The molecule has 1 fully saturated rings. The fraction of sp³-hybridized carbons (Fsp3) is 0.600. The average molecular weight is 346 g/mol. The quantitative estimate of drug-likeness (QED) is 0.828. The molecule has 1 aliphatic carbocycles. The third-order valence-electron chi connectivity index (χ3n) is 4.43. The van der Waals surface area contributed by atoms with E-state index in [-0.39, 0.29) is 15.7 Å². The Morgan fingerprint density at radius 3 is 1.95 bits per heavy atom. The number of benzene rings is 1. The van der Waals surface area contributed by atoms with Crippen LogP contribution in [0.1, 0.15) is 45.4 Å². The second-order valence-corrected chi connectivity index (χ2v) is 9.42. The Hall–Kier alpha value is -0.920. The summed E-state index contributed by atoms with van der Waals surface area (Å²) in [5.74, 6) is 0.171. The summed E-state index contributed by atoms with van der Waals surface area (Å²) in [4.78, 5) is -0.172. The maximum atomic E-state index is 12.8. The fourth-order valence-electron chi connectivity index (χ4n) is 3.29. The van der Waals surface area contributed by atoms with Crippen molar-refractivity contribution in [3.8, 4) is 0 Å². The second-order valence-electron chi connectivity index (χ2n) is 5.84. The minimum absolute atomic E-state index is 0.123. The van der Waals surface area contributed by atoms with Gasteiger partial charge in [0.05, 0.1) is 15.0 Å². The van der Waals surface area contributed by atoms with Crippen molar-refractivity contribution in [2.75, 3.05) is 0 Å². The molecule has 1 aliphatic rings. The normalized spacial score (nSPS) is 19.0. The van der Waals surface area contributed by atoms with Crippen LogP contribution in [0.15, 0.2) is 34.1 Å². The van der Waals surface area contributed by atoms with Crippen molar-refractivity contribution in [3.05, 3.63) is 24.3 Å². The maximum absolute atomic E-state index is 12.8. The van der Waals surface area contributed by atoms with Crippen molar-refractivity contribution in [2.45, 2.75) is 60.5 Å². The fourth-order valence-corrected chi connectivity index (χ4v) is 5.85. The Bertz CT molecular complexity index is 699. The number of hydrogen-bond acceptors (Lipinski definition) is 4. The van der Waals surface area contributed by atoms with Crippen LogP contribution in [0.4, 0.5) is 0 Å². The molecule has 2 rings (SSSR count).